The number of alkyl halides is 3. The summed E-state index contributed by atoms with van der Waals surface area (Å²) in [6.45, 7) is 2.08. The Bertz CT molecular complexity index is 1360. The lowest BCUT2D eigenvalue weighted by Gasteiger charge is -2.33. The van der Waals surface area contributed by atoms with E-state index in [-0.39, 0.29) is 24.5 Å². The number of anilines is 1. The highest BCUT2D eigenvalue weighted by molar-refractivity contribution is 6.31. The Balaban J connectivity index is 1.36. The van der Waals surface area contributed by atoms with Gasteiger partial charge in [-0.15, -0.1) is 0 Å². The van der Waals surface area contributed by atoms with Gasteiger partial charge in [0.15, 0.2) is 11.7 Å². The van der Waals surface area contributed by atoms with Crippen molar-refractivity contribution in [1.82, 2.24) is 20.1 Å². The Morgan fingerprint density at radius 3 is 2.68 bits per heavy atom. The SMILES string of the molecule is Cc1ccc([C@H]2C[C@H](C(F)(F)F)n3nc(C(=O)NCc4cc5cc(Cl)ccc5[nH]4)cc3N2)cc1. The van der Waals surface area contributed by atoms with E-state index < -0.39 is 24.2 Å². The molecular formula is C24H21ClF3N5O. The van der Waals surface area contributed by atoms with Gasteiger partial charge in [-0.2, -0.15) is 18.3 Å². The van der Waals surface area contributed by atoms with E-state index in [2.05, 4.69) is 20.7 Å². The minimum atomic E-state index is -4.51. The number of benzene rings is 2. The summed E-state index contributed by atoms with van der Waals surface area (Å²) in [4.78, 5) is 15.9. The summed E-state index contributed by atoms with van der Waals surface area (Å²) in [7, 11) is 0. The number of aryl methyl sites for hydroxylation is 1. The van der Waals surface area contributed by atoms with Gasteiger partial charge < -0.3 is 15.6 Å². The van der Waals surface area contributed by atoms with E-state index in [9.17, 15) is 18.0 Å². The van der Waals surface area contributed by atoms with Gasteiger partial charge in [0.2, 0.25) is 0 Å². The van der Waals surface area contributed by atoms with Gasteiger partial charge in [0.05, 0.1) is 12.6 Å². The van der Waals surface area contributed by atoms with E-state index in [4.69, 9.17) is 11.6 Å². The van der Waals surface area contributed by atoms with Gasteiger partial charge in [-0.3, -0.25) is 4.79 Å². The second kappa shape index (κ2) is 8.39. The van der Waals surface area contributed by atoms with E-state index in [1.165, 1.54) is 6.07 Å². The van der Waals surface area contributed by atoms with Crippen LogP contribution in [0.15, 0.2) is 54.6 Å². The number of amides is 1. The molecule has 3 N–H and O–H groups in total. The van der Waals surface area contributed by atoms with Crippen LogP contribution in [0.3, 0.4) is 0 Å². The lowest BCUT2D eigenvalue weighted by molar-refractivity contribution is -0.173. The van der Waals surface area contributed by atoms with Crippen LogP contribution in [-0.4, -0.2) is 26.8 Å². The highest BCUT2D eigenvalue weighted by Crippen LogP contribution is 2.43. The van der Waals surface area contributed by atoms with Crippen LogP contribution in [-0.2, 0) is 6.54 Å². The molecule has 0 aliphatic carbocycles. The highest BCUT2D eigenvalue weighted by atomic mass is 35.5. The Labute approximate surface area is 198 Å². The number of carbonyl (C=O) groups excluding carboxylic acids is 1. The molecule has 0 spiro atoms. The number of halogens is 4. The quantitative estimate of drug-likeness (QED) is 0.334. The molecule has 34 heavy (non-hydrogen) atoms. The van der Waals surface area contributed by atoms with E-state index >= 15 is 0 Å². The van der Waals surface area contributed by atoms with Crippen molar-refractivity contribution in [3.05, 3.63) is 82.1 Å². The molecule has 1 aliphatic rings. The molecule has 0 unspecified atom stereocenters. The van der Waals surface area contributed by atoms with Crippen molar-refractivity contribution >= 4 is 34.2 Å². The molecule has 1 amide bonds. The van der Waals surface area contributed by atoms with Crippen LogP contribution in [0, 0.1) is 6.92 Å². The Morgan fingerprint density at radius 1 is 1.18 bits per heavy atom. The van der Waals surface area contributed by atoms with Crippen molar-refractivity contribution in [3.8, 4) is 0 Å². The lowest BCUT2D eigenvalue weighted by Crippen LogP contribution is -2.35. The number of rotatable bonds is 4. The van der Waals surface area contributed by atoms with Gasteiger partial charge in [0.25, 0.3) is 5.91 Å². The predicted octanol–water partition coefficient (Wildman–Crippen LogP) is 5.92. The molecule has 0 saturated carbocycles. The van der Waals surface area contributed by atoms with Crippen molar-refractivity contribution < 1.29 is 18.0 Å². The largest absolute Gasteiger partial charge is 0.410 e. The number of fused-ring (bicyclic) bond motifs is 2. The summed E-state index contributed by atoms with van der Waals surface area (Å²) in [5, 5.41) is 11.3. The Kier molecular flexibility index (Phi) is 5.51. The minimum Gasteiger partial charge on any atom is -0.363 e. The molecule has 2 aromatic carbocycles. The number of nitrogens with zero attached hydrogens (tertiary/aromatic N) is 2. The van der Waals surface area contributed by atoms with Gasteiger partial charge in [-0.1, -0.05) is 41.4 Å². The van der Waals surface area contributed by atoms with Crippen LogP contribution in [0.1, 0.15) is 45.8 Å². The molecule has 3 heterocycles. The molecule has 1 aliphatic heterocycles. The van der Waals surface area contributed by atoms with Crippen LogP contribution >= 0.6 is 11.6 Å². The molecule has 0 fully saturated rings. The molecule has 4 aromatic rings. The molecule has 2 aromatic heterocycles. The second-order valence-corrected chi connectivity index (χ2v) is 8.91. The third kappa shape index (κ3) is 4.35. The van der Waals surface area contributed by atoms with E-state index in [1.54, 1.807) is 12.1 Å². The molecule has 5 rings (SSSR count). The molecule has 176 valence electrons. The smallest absolute Gasteiger partial charge is 0.363 e. The first-order chi connectivity index (χ1) is 16.2. The lowest BCUT2D eigenvalue weighted by atomic mass is 9.96. The molecule has 0 bridgehead atoms. The summed E-state index contributed by atoms with van der Waals surface area (Å²) >= 11 is 6.00. The molecule has 0 saturated heterocycles. The first-order valence-electron chi connectivity index (χ1n) is 10.7. The summed E-state index contributed by atoms with van der Waals surface area (Å²) in [6, 6.07) is 13.6. The van der Waals surface area contributed by atoms with Crippen molar-refractivity contribution in [2.75, 3.05) is 5.32 Å². The summed E-state index contributed by atoms with van der Waals surface area (Å²) in [5.74, 6) is -0.405. The average molecular weight is 488 g/mol. The van der Waals surface area contributed by atoms with Crippen LogP contribution in [0.5, 0.6) is 0 Å². The first-order valence-corrected chi connectivity index (χ1v) is 11.1. The highest BCUT2D eigenvalue weighted by Gasteiger charge is 2.46. The second-order valence-electron chi connectivity index (χ2n) is 8.47. The fourth-order valence-electron chi connectivity index (χ4n) is 4.23. The van der Waals surface area contributed by atoms with Gasteiger partial charge in [-0.05, 0) is 36.8 Å². The fourth-order valence-corrected chi connectivity index (χ4v) is 4.41. The van der Waals surface area contributed by atoms with E-state index in [0.717, 1.165) is 32.4 Å². The van der Waals surface area contributed by atoms with Crippen LogP contribution in [0.2, 0.25) is 5.02 Å². The van der Waals surface area contributed by atoms with Crippen molar-refractivity contribution in [2.24, 2.45) is 0 Å². The molecular weight excluding hydrogens is 467 g/mol. The Morgan fingerprint density at radius 2 is 1.94 bits per heavy atom. The number of H-pyrrole nitrogens is 1. The number of hydrogen-bond donors (Lipinski definition) is 3. The maximum atomic E-state index is 13.9. The van der Waals surface area contributed by atoms with E-state index in [1.807, 2.05) is 43.3 Å². The summed E-state index contributed by atoms with van der Waals surface area (Å²) in [5.41, 5.74) is 3.29. The average Bonchev–Trinajstić information content (AvgIpc) is 3.40. The van der Waals surface area contributed by atoms with Gasteiger partial charge >= 0.3 is 6.18 Å². The topological polar surface area (TPSA) is 74.7 Å². The third-order valence-corrected chi connectivity index (χ3v) is 6.22. The molecule has 10 heteroatoms. The summed E-state index contributed by atoms with van der Waals surface area (Å²) < 4.78 is 42.5. The monoisotopic (exact) mass is 487 g/mol. The number of nitrogens with one attached hydrogen (secondary N) is 3. The molecule has 6 nitrogen and oxygen atoms in total. The third-order valence-electron chi connectivity index (χ3n) is 5.98. The zero-order valence-electron chi connectivity index (χ0n) is 18.1. The molecule has 2 atom stereocenters. The maximum absolute atomic E-state index is 13.9. The molecule has 0 radical (unpaired) electrons. The van der Waals surface area contributed by atoms with Gasteiger partial charge in [-0.25, -0.2) is 4.68 Å². The van der Waals surface area contributed by atoms with E-state index in [0.29, 0.717) is 5.02 Å². The summed E-state index contributed by atoms with van der Waals surface area (Å²) in [6.07, 6.45) is -4.73. The normalized spacial score (nSPS) is 17.9. The van der Waals surface area contributed by atoms with Crippen LogP contribution in [0.25, 0.3) is 10.9 Å². The van der Waals surface area contributed by atoms with Crippen molar-refractivity contribution in [1.29, 1.82) is 0 Å². The van der Waals surface area contributed by atoms with Crippen LogP contribution in [0.4, 0.5) is 19.0 Å². The fraction of sp³-hybridized carbons (Fsp3) is 0.250. The van der Waals surface area contributed by atoms with Crippen LogP contribution < -0.4 is 10.6 Å². The zero-order valence-corrected chi connectivity index (χ0v) is 18.8. The minimum absolute atomic E-state index is 0.0829. The number of hydrogen-bond acceptors (Lipinski definition) is 3. The number of aromatic amines is 1. The first kappa shape index (κ1) is 22.3. The Hall–Kier alpha value is -3.46. The van der Waals surface area contributed by atoms with Gasteiger partial charge in [0, 0.05) is 34.1 Å². The standard InChI is InChI=1S/C24H21ClF3N5O/c1-13-2-4-14(5-3-13)19-10-21(24(26,27)28)33-22(31-19)11-20(32-33)23(34)29-12-17-9-15-8-16(25)6-7-18(15)30-17/h2-9,11,19,21,30-31H,10,12H2,1H3,(H,29,34)/t19-,21-/m1/s1. The van der Waals surface area contributed by atoms with Crippen molar-refractivity contribution in [3.63, 3.8) is 0 Å². The van der Waals surface area contributed by atoms with Crippen molar-refractivity contribution in [2.45, 2.75) is 38.1 Å². The van der Waals surface area contributed by atoms with Gasteiger partial charge in [0.1, 0.15) is 5.82 Å². The maximum Gasteiger partial charge on any atom is 0.410 e. The predicted molar refractivity (Wildman–Crippen MR) is 124 cm³/mol. The number of aromatic nitrogens is 3. The zero-order chi connectivity index (χ0) is 24.0. The number of carbonyl (C=O) groups is 1.